The first-order chi connectivity index (χ1) is 9.86. The van der Waals surface area contributed by atoms with Crippen LogP contribution in [-0.2, 0) is 0 Å². The van der Waals surface area contributed by atoms with Gasteiger partial charge in [0.25, 0.3) is 0 Å². The summed E-state index contributed by atoms with van der Waals surface area (Å²) in [5, 5.41) is 3.43. The molecule has 20 heavy (non-hydrogen) atoms. The summed E-state index contributed by atoms with van der Waals surface area (Å²) in [6.07, 6.45) is 4.37. The number of benzene rings is 1. The number of aromatic amines is 1. The van der Waals surface area contributed by atoms with Crippen LogP contribution < -0.4 is 10.1 Å². The van der Waals surface area contributed by atoms with Gasteiger partial charge in [-0.3, -0.25) is 0 Å². The van der Waals surface area contributed by atoms with E-state index in [0.717, 1.165) is 35.9 Å². The van der Waals surface area contributed by atoms with E-state index in [9.17, 15) is 0 Å². The highest BCUT2D eigenvalue weighted by molar-refractivity contribution is 5.59. The van der Waals surface area contributed by atoms with Gasteiger partial charge < -0.3 is 15.0 Å². The van der Waals surface area contributed by atoms with Gasteiger partial charge in [0, 0.05) is 12.5 Å². The molecule has 1 aliphatic rings. The molecule has 1 fully saturated rings. The van der Waals surface area contributed by atoms with Gasteiger partial charge in [0.1, 0.15) is 11.6 Å². The number of aromatic nitrogens is 2. The van der Waals surface area contributed by atoms with Crippen LogP contribution in [0.2, 0.25) is 0 Å². The van der Waals surface area contributed by atoms with Crippen LogP contribution in [-0.4, -0.2) is 29.7 Å². The molecule has 0 bridgehead atoms. The smallest absolute Gasteiger partial charge is 0.119 e. The van der Waals surface area contributed by atoms with Crippen molar-refractivity contribution in [2.24, 2.45) is 0 Å². The van der Waals surface area contributed by atoms with E-state index in [1.807, 2.05) is 25.3 Å². The monoisotopic (exact) mass is 271 g/mol. The number of rotatable bonds is 4. The summed E-state index contributed by atoms with van der Waals surface area (Å²) >= 11 is 0. The van der Waals surface area contributed by atoms with Crippen LogP contribution in [0.5, 0.6) is 5.75 Å². The Kier molecular flexibility index (Phi) is 4.02. The van der Waals surface area contributed by atoms with Gasteiger partial charge in [0.2, 0.25) is 0 Å². The van der Waals surface area contributed by atoms with Crippen LogP contribution in [0.25, 0.3) is 11.3 Å². The van der Waals surface area contributed by atoms with E-state index in [4.69, 9.17) is 4.74 Å². The minimum Gasteiger partial charge on any atom is -0.494 e. The molecule has 4 nitrogen and oxygen atoms in total. The lowest BCUT2D eigenvalue weighted by Gasteiger charge is -2.20. The molecule has 1 aromatic heterocycles. The van der Waals surface area contributed by atoms with Gasteiger partial charge in [-0.15, -0.1) is 0 Å². The third-order valence-electron chi connectivity index (χ3n) is 3.76. The van der Waals surface area contributed by atoms with Gasteiger partial charge in [-0.1, -0.05) is 0 Å². The maximum atomic E-state index is 5.46. The van der Waals surface area contributed by atoms with E-state index >= 15 is 0 Å². The zero-order chi connectivity index (χ0) is 13.8. The minimum atomic E-state index is 0.514. The van der Waals surface area contributed by atoms with Crippen molar-refractivity contribution in [3.05, 3.63) is 36.3 Å². The fourth-order valence-corrected chi connectivity index (χ4v) is 2.67. The number of hydrogen-bond acceptors (Lipinski definition) is 3. The standard InChI is InChI=1S/C16H21N3O/c1-2-20-14-7-5-12(6-8-14)15-11-18-16(19-15)13-4-3-9-17-10-13/h5-8,11,13,17H,2-4,9-10H2,1H3,(H,18,19)/t13-/m1/s1. The van der Waals surface area contributed by atoms with Crippen LogP contribution in [0.3, 0.4) is 0 Å². The Morgan fingerprint density at radius 1 is 1.30 bits per heavy atom. The molecule has 1 atom stereocenters. The summed E-state index contributed by atoms with van der Waals surface area (Å²) in [6, 6.07) is 8.14. The van der Waals surface area contributed by atoms with Gasteiger partial charge in [-0.2, -0.15) is 0 Å². The Balaban J connectivity index is 1.75. The number of nitrogens with one attached hydrogen (secondary N) is 2. The van der Waals surface area contributed by atoms with E-state index in [0.29, 0.717) is 12.5 Å². The van der Waals surface area contributed by atoms with Crippen molar-refractivity contribution < 1.29 is 4.74 Å². The second-order valence-corrected chi connectivity index (χ2v) is 5.18. The third-order valence-corrected chi connectivity index (χ3v) is 3.76. The Bertz CT molecular complexity index is 541. The maximum Gasteiger partial charge on any atom is 0.119 e. The molecule has 0 unspecified atom stereocenters. The molecule has 2 N–H and O–H groups in total. The van der Waals surface area contributed by atoms with Crippen LogP contribution >= 0.6 is 0 Å². The van der Waals surface area contributed by atoms with Gasteiger partial charge >= 0.3 is 0 Å². The molecule has 2 heterocycles. The van der Waals surface area contributed by atoms with Crippen molar-refractivity contribution in [1.82, 2.24) is 15.3 Å². The molecule has 1 saturated heterocycles. The summed E-state index contributed by atoms with van der Waals surface area (Å²) in [7, 11) is 0. The quantitative estimate of drug-likeness (QED) is 0.899. The average Bonchev–Trinajstić information content (AvgIpc) is 2.99. The first-order valence-electron chi connectivity index (χ1n) is 7.35. The molecule has 4 heteroatoms. The van der Waals surface area contributed by atoms with E-state index in [1.165, 1.54) is 12.8 Å². The number of nitrogens with zero attached hydrogens (tertiary/aromatic N) is 1. The Hall–Kier alpha value is -1.81. The lowest BCUT2D eigenvalue weighted by molar-refractivity contribution is 0.340. The first kappa shape index (κ1) is 13.2. The molecule has 2 aromatic rings. The molecule has 0 spiro atoms. The topological polar surface area (TPSA) is 49.9 Å². The van der Waals surface area contributed by atoms with Crippen molar-refractivity contribution in [3.8, 4) is 17.0 Å². The summed E-state index contributed by atoms with van der Waals surface area (Å²) in [5.74, 6) is 2.52. The maximum absolute atomic E-state index is 5.46. The highest BCUT2D eigenvalue weighted by atomic mass is 16.5. The van der Waals surface area contributed by atoms with Gasteiger partial charge in [0.05, 0.1) is 18.5 Å². The van der Waals surface area contributed by atoms with E-state index < -0.39 is 0 Å². The second-order valence-electron chi connectivity index (χ2n) is 5.18. The molecule has 1 aliphatic heterocycles. The Morgan fingerprint density at radius 3 is 2.85 bits per heavy atom. The zero-order valence-corrected chi connectivity index (χ0v) is 11.9. The van der Waals surface area contributed by atoms with Gasteiger partial charge in [0.15, 0.2) is 0 Å². The number of H-pyrrole nitrogens is 1. The van der Waals surface area contributed by atoms with E-state index in [2.05, 4.69) is 27.4 Å². The van der Waals surface area contributed by atoms with Crippen LogP contribution in [0, 0.1) is 0 Å². The molecule has 0 saturated carbocycles. The highest BCUT2D eigenvalue weighted by Crippen LogP contribution is 2.25. The van der Waals surface area contributed by atoms with Crippen molar-refractivity contribution in [2.45, 2.75) is 25.7 Å². The lowest BCUT2D eigenvalue weighted by atomic mass is 9.99. The van der Waals surface area contributed by atoms with Crippen molar-refractivity contribution in [3.63, 3.8) is 0 Å². The van der Waals surface area contributed by atoms with Crippen LogP contribution in [0.4, 0.5) is 0 Å². The molecule has 0 aliphatic carbocycles. The van der Waals surface area contributed by atoms with Gasteiger partial charge in [-0.25, -0.2) is 4.98 Å². The van der Waals surface area contributed by atoms with Crippen molar-refractivity contribution in [1.29, 1.82) is 0 Å². The number of hydrogen-bond donors (Lipinski definition) is 2. The van der Waals surface area contributed by atoms with Crippen LogP contribution in [0.1, 0.15) is 31.5 Å². The number of imidazole rings is 1. The molecular weight excluding hydrogens is 250 g/mol. The number of ether oxygens (including phenoxy) is 1. The molecule has 3 rings (SSSR count). The predicted octanol–water partition coefficient (Wildman–Crippen LogP) is 2.94. The summed E-state index contributed by atoms with van der Waals surface area (Å²) in [5.41, 5.74) is 2.23. The third kappa shape index (κ3) is 2.85. The van der Waals surface area contributed by atoms with Gasteiger partial charge in [-0.05, 0) is 56.1 Å². The lowest BCUT2D eigenvalue weighted by Crippen LogP contribution is -2.28. The molecule has 1 aromatic carbocycles. The molecular formula is C16H21N3O. The van der Waals surface area contributed by atoms with Crippen LogP contribution in [0.15, 0.2) is 30.5 Å². The molecule has 0 amide bonds. The molecule has 106 valence electrons. The first-order valence-corrected chi connectivity index (χ1v) is 7.35. The zero-order valence-electron chi connectivity index (χ0n) is 11.9. The largest absolute Gasteiger partial charge is 0.494 e. The highest BCUT2D eigenvalue weighted by Gasteiger charge is 2.18. The summed E-state index contributed by atoms with van der Waals surface area (Å²) in [4.78, 5) is 8.01. The average molecular weight is 271 g/mol. The summed E-state index contributed by atoms with van der Waals surface area (Å²) < 4.78 is 5.46. The van der Waals surface area contributed by atoms with E-state index in [1.54, 1.807) is 0 Å². The van der Waals surface area contributed by atoms with Crippen molar-refractivity contribution in [2.75, 3.05) is 19.7 Å². The predicted molar refractivity (Wildman–Crippen MR) is 80.0 cm³/mol. The molecule has 0 radical (unpaired) electrons. The fourth-order valence-electron chi connectivity index (χ4n) is 2.67. The Labute approximate surface area is 119 Å². The second kappa shape index (κ2) is 6.09. The fraction of sp³-hybridized carbons (Fsp3) is 0.438. The van der Waals surface area contributed by atoms with Crippen molar-refractivity contribution >= 4 is 0 Å². The Morgan fingerprint density at radius 2 is 2.15 bits per heavy atom. The van der Waals surface area contributed by atoms with E-state index in [-0.39, 0.29) is 0 Å². The SMILES string of the molecule is CCOc1ccc(-c2cnc([C@@H]3CCCNC3)[nH]2)cc1. The summed E-state index contributed by atoms with van der Waals surface area (Å²) in [6.45, 7) is 4.84. The minimum absolute atomic E-state index is 0.514. The normalized spacial score (nSPS) is 18.9. The number of piperidine rings is 1.